The summed E-state index contributed by atoms with van der Waals surface area (Å²) in [6.07, 6.45) is 0. The van der Waals surface area contributed by atoms with Crippen molar-refractivity contribution in [1.29, 1.82) is 0 Å². The van der Waals surface area contributed by atoms with E-state index in [9.17, 15) is 9.90 Å². The smallest absolute Gasteiger partial charge is 0.323 e. The minimum absolute atomic E-state index is 0.193. The lowest BCUT2D eigenvalue weighted by Crippen LogP contribution is -2.20. The Balaban J connectivity index is 2.10. The zero-order chi connectivity index (χ0) is 17.5. The Morgan fingerprint density at radius 3 is 2.67 bits per heavy atom. The Kier molecular flexibility index (Phi) is 6.86. The summed E-state index contributed by atoms with van der Waals surface area (Å²) in [6, 6.07) is 9.99. The lowest BCUT2D eigenvalue weighted by molar-refractivity contribution is 0.262. The molecule has 0 aliphatic carbocycles. The average molecular weight is 414 g/mol. The Morgan fingerprint density at radius 2 is 1.96 bits per heavy atom. The van der Waals surface area contributed by atoms with Gasteiger partial charge in [0.2, 0.25) is 0 Å². The first-order chi connectivity index (χ1) is 11.5. The molecule has 2 aromatic rings. The topological polar surface area (TPSA) is 99.4 Å². The van der Waals surface area contributed by atoms with E-state index in [1.54, 1.807) is 36.4 Å². The molecule has 0 fully saturated rings. The molecule has 6 nitrogen and oxygen atoms in total. The van der Waals surface area contributed by atoms with Gasteiger partial charge in [0.25, 0.3) is 0 Å². The molecule has 0 saturated carbocycles. The van der Waals surface area contributed by atoms with E-state index in [4.69, 9.17) is 17.3 Å². The van der Waals surface area contributed by atoms with Gasteiger partial charge in [-0.25, -0.2) is 4.79 Å². The number of amides is 2. The molecule has 0 spiro atoms. The zero-order valence-corrected chi connectivity index (χ0v) is 15.1. The van der Waals surface area contributed by atoms with Gasteiger partial charge in [-0.3, -0.25) is 0 Å². The molecule has 2 aromatic carbocycles. The van der Waals surface area contributed by atoms with Gasteiger partial charge in [0.1, 0.15) is 0 Å². The number of anilines is 3. The van der Waals surface area contributed by atoms with E-state index in [-0.39, 0.29) is 6.61 Å². The third kappa shape index (κ3) is 5.10. The summed E-state index contributed by atoms with van der Waals surface area (Å²) in [7, 11) is 0. The van der Waals surface area contributed by atoms with Crippen LogP contribution in [0.3, 0.4) is 0 Å². The first-order valence-corrected chi connectivity index (χ1v) is 8.41. The average Bonchev–Trinajstić information content (AvgIpc) is 2.52. The number of aliphatic hydroxyl groups is 1. The Bertz CT molecular complexity index is 727. The van der Waals surface area contributed by atoms with Crippen LogP contribution < -0.4 is 21.7 Å². The summed E-state index contributed by atoms with van der Waals surface area (Å²) in [4.78, 5) is 12.2. The highest BCUT2D eigenvalue weighted by atomic mass is 79.9. The summed E-state index contributed by atoms with van der Waals surface area (Å²) in [5, 5.41) is 18.4. The van der Waals surface area contributed by atoms with Gasteiger partial charge in [-0.1, -0.05) is 33.6 Å². The Morgan fingerprint density at radius 1 is 1.21 bits per heavy atom. The van der Waals surface area contributed by atoms with E-state index in [0.717, 1.165) is 10.2 Å². The summed E-state index contributed by atoms with van der Waals surface area (Å²) in [6.45, 7) is 0.897. The molecule has 0 unspecified atom stereocenters. The normalized spacial score (nSPS) is 10.3. The number of rotatable bonds is 6. The van der Waals surface area contributed by atoms with Crippen LogP contribution >= 0.6 is 27.5 Å². The number of nitrogens with one attached hydrogen (secondary N) is 3. The van der Waals surface area contributed by atoms with Crippen LogP contribution in [0, 0.1) is 0 Å². The monoisotopic (exact) mass is 412 g/mol. The number of urea groups is 1. The first kappa shape index (κ1) is 18.5. The third-order valence-electron chi connectivity index (χ3n) is 3.15. The molecule has 0 heterocycles. The van der Waals surface area contributed by atoms with E-state index in [1.807, 2.05) is 0 Å². The number of carbonyl (C=O) groups is 1. The maximum absolute atomic E-state index is 12.2. The molecular formula is C16H18BrClN4O2. The zero-order valence-electron chi connectivity index (χ0n) is 12.8. The third-order valence-corrected chi connectivity index (χ3v) is 4.12. The number of hydrogen-bond acceptors (Lipinski definition) is 4. The molecule has 0 bridgehead atoms. The molecule has 0 aliphatic rings. The number of hydrogen-bond donors (Lipinski definition) is 5. The highest BCUT2D eigenvalue weighted by molar-refractivity contribution is 9.10. The van der Waals surface area contributed by atoms with Gasteiger partial charge in [-0.15, -0.1) is 0 Å². The van der Waals surface area contributed by atoms with Crippen LogP contribution in [0.1, 0.15) is 5.56 Å². The van der Waals surface area contributed by atoms with E-state index in [2.05, 4.69) is 31.9 Å². The van der Waals surface area contributed by atoms with Crippen LogP contribution in [0.2, 0.25) is 5.02 Å². The van der Waals surface area contributed by atoms with Crippen molar-refractivity contribution >= 4 is 50.6 Å². The van der Waals surface area contributed by atoms with Crippen LogP contribution in [0.5, 0.6) is 0 Å². The standard InChI is InChI=1S/C16H18BrClN4O2/c17-14-2-1-3-15(13(14)9-23)22-16(24)21-12-7-10(18)6-11(8-12)20-5-4-19/h1-3,6-8,20,23H,4-5,9,19H2,(H2,21,22,24). The van der Waals surface area contributed by atoms with Crippen molar-refractivity contribution < 1.29 is 9.90 Å². The predicted molar refractivity (Wildman–Crippen MR) is 102 cm³/mol. The number of nitrogens with two attached hydrogens (primary N) is 1. The Labute approximate surface area is 153 Å². The first-order valence-electron chi connectivity index (χ1n) is 7.24. The molecule has 8 heteroatoms. The molecule has 0 atom stereocenters. The maximum Gasteiger partial charge on any atom is 0.323 e. The van der Waals surface area contributed by atoms with Gasteiger partial charge >= 0.3 is 6.03 Å². The predicted octanol–water partition coefficient (Wildman–Crippen LogP) is 3.61. The fraction of sp³-hybridized carbons (Fsp3) is 0.188. The largest absolute Gasteiger partial charge is 0.392 e. The van der Waals surface area contributed by atoms with Crippen LogP contribution in [0.25, 0.3) is 0 Å². The molecule has 2 rings (SSSR count). The van der Waals surface area contributed by atoms with Gasteiger partial charge in [-0.2, -0.15) is 0 Å². The summed E-state index contributed by atoms with van der Waals surface area (Å²) in [5.41, 5.74) is 7.89. The number of benzene rings is 2. The molecule has 0 aliphatic heterocycles. The summed E-state index contributed by atoms with van der Waals surface area (Å²) < 4.78 is 0.721. The van der Waals surface area contributed by atoms with Crippen LogP contribution in [0.4, 0.5) is 21.9 Å². The number of carbonyl (C=O) groups excluding carboxylic acids is 1. The molecule has 24 heavy (non-hydrogen) atoms. The molecule has 0 aromatic heterocycles. The van der Waals surface area contributed by atoms with Gasteiger partial charge in [-0.05, 0) is 30.3 Å². The highest BCUT2D eigenvalue weighted by Crippen LogP contribution is 2.26. The second kappa shape index (κ2) is 8.89. The van der Waals surface area contributed by atoms with Crippen LogP contribution in [-0.2, 0) is 6.61 Å². The lowest BCUT2D eigenvalue weighted by atomic mass is 10.2. The summed E-state index contributed by atoms with van der Waals surface area (Å²) in [5.74, 6) is 0. The molecule has 0 radical (unpaired) electrons. The second-order valence-electron chi connectivity index (χ2n) is 4.95. The lowest BCUT2D eigenvalue weighted by Gasteiger charge is -2.13. The molecular weight excluding hydrogens is 396 g/mol. The maximum atomic E-state index is 12.2. The number of aliphatic hydroxyl groups excluding tert-OH is 1. The molecule has 6 N–H and O–H groups in total. The van der Waals surface area contributed by atoms with Crippen molar-refractivity contribution in [3.05, 3.63) is 51.5 Å². The van der Waals surface area contributed by atoms with Gasteiger partial charge in [0.05, 0.1) is 6.61 Å². The van der Waals surface area contributed by atoms with Crippen molar-refractivity contribution in [2.75, 3.05) is 29.0 Å². The van der Waals surface area contributed by atoms with Crippen LogP contribution in [0.15, 0.2) is 40.9 Å². The molecule has 128 valence electrons. The minimum atomic E-state index is -0.435. The van der Waals surface area contributed by atoms with Gasteiger partial charge in [0, 0.05) is 45.2 Å². The van der Waals surface area contributed by atoms with Crippen molar-refractivity contribution in [3.8, 4) is 0 Å². The number of halogens is 2. The van der Waals surface area contributed by atoms with Crippen molar-refractivity contribution in [2.24, 2.45) is 5.73 Å². The molecule has 0 saturated heterocycles. The van der Waals surface area contributed by atoms with Crippen molar-refractivity contribution in [3.63, 3.8) is 0 Å². The van der Waals surface area contributed by atoms with Gasteiger partial charge < -0.3 is 26.8 Å². The fourth-order valence-corrected chi connectivity index (χ4v) is 2.83. The van der Waals surface area contributed by atoms with Crippen molar-refractivity contribution in [1.82, 2.24) is 0 Å². The summed E-state index contributed by atoms with van der Waals surface area (Å²) >= 11 is 9.40. The van der Waals surface area contributed by atoms with E-state index >= 15 is 0 Å². The molecule has 2 amide bonds. The second-order valence-corrected chi connectivity index (χ2v) is 6.24. The minimum Gasteiger partial charge on any atom is -0.392 e. The van der Waals surface area contributed by atoms with E-state index in [0.29, 0.717) is 35.1 Å². The fourth-order valence-electron chi connectivity index (χ4n) is 2.10. The van der Waals surface area contributed by atoms with E-state index in [1.165, 1.54) is 0 Å². The Hall–Kier alpha value is -1.80. The van der Waals surface area contributed by atoms with Crippen molar-refractivity contribution in [2.45, 2.75) is 6.61 Å². The van der Waals surface area contributed by atoms with E-state index < -0.39 is 6.03 Å². The quantitative estimate of drug-likeness (QED) is 0.499. The van der Waals surface area contributed by atoms with Gasteiger partial charge in [0.15, 0.2) is 0 Å². The SMILES string of the molecule is NCCNc1cc(Cl)cc(NC(=O)Nc2cccc(Br)c2CO)c1. The van der Waals surface area contributed by atoms with Crippen LogP contribution in [-0.4, -0.2) is 24.2 Å². The highest BCUT2D eigenvalue weighted by Gasteiger charge is 2.10.